The zero-order valence-electron chi connectivity index (χ0n) is 14.6. The number of nitro groups is 1. The number of rotatable bonds is 6. The fourth-order valence-corrected chi connectivity index (χ4v) is 4.00. The van der Waals surface area contributed by atoms with Crippen LogP contribution in [0.5, 0.6) is 0 Å². The summed E-state index contributed by atoms with van der Waals surface area (Å²) >= 11 is 0. The van der Waals surface area contributed by atoms with Gasteiger partial charge in [-0.05, 0) is 36.1 Å². The van der Waals surface area contributed by atoms with Crippen LogP contribution in [0.15, 0.2) is 42.5 Å². The Morgan fingerprint density at radius 3 is 2.62 bits per heavy atom. The van der Waals surface area contributed by atoms with Gasteiger partial charge in [0.25, 0.3) is 0 Å². The lowest BCUT2D eigenvalue weighted by Crippen LogP contribution is -2.45. The van der Waals surface area contributed by atoms with Crippen molar-refractivity contribution < 1.29 is 19.2 Å². The number of benzene rings is 2. The van der Waals surface area contributed by atoms with Gasteiger partial charge in [0.1, 0.15) is 5.41 Å². The van der Waals surface area contributed by atoms with Gasteiger partial charge in [0.15, 0.2) is 5.78 Å². The normalized spacial score (nSPS) is 20.9. The summed E-state index contributed by atoms with van der Waals surface area (Å²) < 4.78 is 5.19. The Bertz CT molecular complexity index is 862. The molecule has 2 aromatic carbocycles. The van der Waals surface area contributed by atoms with Gasteiger partial charge in [-0.3, -0.25) is 19.7 Å². The molecule has 0 heterocycles. The van der Waals surface area contributed by atoms with Crippen molar-refractivity contribution in [3.05, 3.63) is 58.1 Å². The first-order chi connectivity index (χ1) is 12.5. The lowest BCUT2D eigenvalue weighted by molar-refractivity contribution is -0.485. The molecule has 1 saturated carbocycles. The Kier molecular flexibility index (Phi) is 5.02. The summed E-state index contributed by atoms with van der Waals surface area (Å²) in [7, 11) is 0. The molecule has 2 aromatic rings. The molecule has 0 bridgehead atoms. The highest BCUT2D eigenvalue weighted by molar-refractivity contribution is 6.06. The molecule has 1 aliphatic rings. The van der Waals surface area contributed by atoms with Crippen LogP contribution < -0.4 is 0 Å². The Hall–Kier alpha value is -2.76. The summed E-state index contributed by atoms with van der Waals surface area (Å²) in [5.41, 5.74) is -0.838. The van der Waals surface area contributed by atoms with E-state index in [1.807, 2.05) is 36.4 Å². The summed E-state index contributed by atoms with van der Waals surface area (Å²) in [5.74, 6) is -1.73. The average Bonchev–Trinajstić information content (AvgIpc) is 3.01. The van der Waals surface area contributed by atoms with E-state index in [-0.39, 0.29) is 25.2 Å². The molecule has 0 radical (unpaired) electrons. The van der Waals surface area contributed by atoms with Crippen molar-refractivity contribution in [2.45, 2.75) is 32.1 Å². The minimum absolute atomic E-state index is 0.136. The van der Waals surface area contributed by atoms with Gasteiger partial charge in [-0.15, -0.1) is 0 Å². The fourth-order valence-electron chi connectivity index (χ4n) is 4.00. The molecule has 6 heteroatoms. The fraction of sp³-hybridized carbons (Fsp3) is 0.400. The number of ether oxygens (including phenoxy) is 1. The molecule has 136 valence electrons. The molecule has 0 spiro atoms. The average molecular weight is 355 g/mol. The van der Waals surface area contributed by atoms with Crippen molar-refractivity contribution in [3.63, 3.8) is 0 Å². The third-order valence-electron chi connectivity index (χ3n) is 5.21. The van der Waals surface area contributed by atoms with Crippen LogP contribution in [0.25, 0.3) is 10.8 Å². The summed E-state index contributed by atoms with van der Waals surface area (Å²) in [6.45, 7) is 1.32. The van der Waals surface area contributed by atoms with Crippen molar-refractivity contribution in [2.75, 3.05) is 13.2 Å². The molecule has 0 N–H and O–H groups in total. The Labute approximate surface area is 151 Å². The third kappa shape index (κ3) is 3.07. The number of Topliss-reactive ketones (excluding diaryl/α,β-unsaturated/α-hetero) is 1. The van der Waals surface area contributed by atoms with Gasteiger partial charge in [-0.2, -0.15) is 0 Å². The Morgan fingerprint density at radius 1 is 1.27 bits per heavy atom. The van der Waals surface area contributed by atoms with E-state index < -0.39 is 28.8 Å². The third-order valence-corrected chi connectivity index (χ3v) is 5.21. The van der Waals surface area contributed by atoms with Crippen molar-refractivity contribution >= 4 is 22.5 Å². The standard InChI is InChI=1S/C20H21NO5/c1-2-26-19(23)20(11-5-8-18(20)22)17(13-21(24)25)16-10-9-14-6-3-4-7-15(14)12-16/h3-4,6-7,9-10,12,17H,2,5,8,11,13H2,1H3/t17-,20?/m0/s1. The molecule has 0 aliphatic heterocycles. The predicted molar refractivity (Wildman–Crippen MR) is 96.5 cm³/mol. The van der Waals surface area contributed by atoms with Crippen LogP contribution in [0.1, 0.15) is 37.7 Å². The minimum Gasteiger partial charge on any atom is -0.465 e. The van der Waals surface area contributed by atoms with E-state index in [0.29, 0.717) is 12.0 Å². The summed E-state index contributed by atoms with van der Waals surface area (Å²) in [6.07, 6.45) is 1.08. The Morgan fingerprint density at radius 2 is 2.00 bits per heavy atom. The first kappa shape index (κ1) is 18.0. The van der Waals surface area contributed by atoms with Gasteiger partial charge in [-0.25, -0.2) is 0 Å². The van der Waals surface area contributed by atoms with Crippen molar-refractivity contribution in [2.24, 2.45) is 5.41 Å². The van der Waals surface area contributed by atoms with Crippen molar-refractivity contribution in [1.29, 1.82) is 0 Å². The first-order valence-corrected chi connectivity index (χ1v) is 8.80. The SMILES string of the molecule is CCOC(=O)C1([C@@H](C[N+](=O)[O-])c2ccc3ccccc3c2)CCCC1=O. The maximum atomic E-state index is 12.8. The van der Waals surface area contributed by atoms with E-state index in [1.165, 1.54) is 0 Å². The van der Waals surface area contributed by atoms with Gasteiger partial charge < -0.3 is 4.74 Å². The van der Waals surface area contributed by atoms with Crippen LogP contribution in [0.4, 0.5) is 0 Å². The second-order valence-electron chi connectivity index (χ2n) is 6.64. The topological polar surface area (TPSA) is 86.5 Å². The number of carbonyl (C=O) groups is 2. The highest BCUT2D eigenvalue weighted by Crippen LogP contribution is 2.48. The number of nitrogens with zero attached hydrogens (tertiary/aromatic N) is 1. The van der Waals surface area contributed by atoms with Crippen LogP contribution in [-0.2, 0) is 14.3 Å². The van der Waals surface area contributed by atoms with E-state index >= 15 is 0 Å². The molecular formula is C20H21NO5. The molecular weight excluding hydrogens is 334 g/mol. The summed E-state index contributed by atoms with van der Waals surface area (Å²) in [6, 6.07) is 13.2. The first-order valence-electron chi connectivity index (χ1n) is 8.80. The smallest absolute Gasteiger partial charge is 0.320 e. The molecule has 0 aromatic heterocycles. The molecule has 3 rings (SSSR count). The zero-order valence-corrected chi connectivity index (χ0v) is 14.6. The van der Waals surface area contributed by atoms with Gasteiger partial charge in [0.05, 0.1) is 12.5 Å². The molecule has 1 fully saturated rings. The number of hydrogen-bond donors (Lipinski definition) is 0. The molecule has 0 saturated heterocycles. The quantitative estimate of drug-likeness (QED) is 0.342. The van der Waals surface area contributed by atoms with E-state index in [9.17, 15) is 19.7 Å². The number of carbonyl (C=O) groups excluding carboxylic acids is 2. The summed E-state index contributed by atoms with van der Waals surface area (Å²) in [5, 5.41) is 13.3. The lowest BCUT2D eigenvalue weighted by atomic mass is 9.69. The molecule has 1 unspecified atom stereocenters. The van der Waals surface area contributed by atoms with Gasteiger partial charge in [0.2, 0.25) is 6.54 Å². The van der Waals surface area contributed by atoms with E-state index in [2.05, 4.69) is 0 Å². The largest absolute Gasteiger partial charge is 0.465 e. The number of hydrogen-bond acceptors (Lipinski definition) is 5. The van der Waals surface area contributed by atoms with Crippen LogP contribution in [-0.4, -0.2) is 29.8 Å². The van der Waals surface area contributed by atoms with Crippen LogP contribution in [0.3, 0.4) is 0 Å². The van der Waals surface area contributed by atoms with E-state index in [4.69, 9.17) is 4.74 Å². The van der Waals surface area contributed by atoms with Crippen molar-refractivity contribution in [3.8, 4) is 0 Å². The number of esters is 1. The minimum atomic E-state index is -1.47. The van der Waals surface area contributed by atoms with Gasteiger partial charge in [-0.1, -0.05) is 42.5 Å². The monoisotopic (exact) mass is 355 g/mol. The second kappa shape index (κ2) is 7.23. The van der Waals surface area contributed by atoms with Gasteiger partial charge in [0, 0.05) is 11.3 Å². The van der Waals surface area contributed by atoms with E-state index in [0.717, 1.165) is 10.8 Å². The summed E-state index contributed by atoms with van der Waals surface area (Å²) in [4.78, 5) is 36.4. The zero-order chi connectivity index (χ0) is 18.7. The van der Waals surface area contributed by atoms with Crippen LogP contribution in [0, 0.1) is 15.5 Å². The highest BCUT2D eigenvalue weighted by Gasteiger charge is 2.57. The maximum absolute atomic E-state index is 12.8. The van der Waals surface area contributed by atoms with Gasteiger partial charge >= 0.3 is 5.97 Å². The molecule has 2 atom stereocenters. The van der Waals surface area contributed by atoms with E-state index in [1.54, 1.807) is 13.0 Å². The van der Waals surface area contributed by atoms with Crippen molar-refractivity contribution in [1.82, 2.24) is 0 Å². The lowest BCUT2D eigenvalue weighted by Gasteiger charge is -2.32. The molecule has 1 aliphatic carbocycles. The highest BCUT2D eigenvalue weighted by atomic mass is 16.6. The molecule has 26 heavy (non-hydrogen) atoms. The number of ketones is 1. The molecule has 0 amide bonds. The van der Waals surface area contributed by atoms with Crippen LogP contribution >= 0.6 is 0 Å². The predicted octanol–water partition coefficient (Wildman–Crippen LogP) is 3.50. The van der Waals surface area contributed by atoms with Crippen LogP contribution in [0.2, 0.25) is 0 Å². The Balaban J connectivity index is 2.14. The maximum Gasteiger partial charge on any atom is 0.320 e. The second-order valence-corrected chi connectivity index (χ2v) is 6.64. The molecule has 6 nitrogen and oxygen atoms in total. The number of fused-ring (bicyclic) bond motifs is 1.